The lowest BCUT2D eigenvalue weighted by Crippen LogP contribution is -2.60. The zero-order valence-electron chi connectivity index (χ0n) is 24.6. The van der Waals surface area contributed by atoms with Gasteiger partial charge in [-0.05, 0) is 55.8 Å². The van der Waals surface area contributed by atoms with E-state index < -0.39 is 17.5 Å². The van der Waals surface area contributed by atoms with E-state index >= 15 is 4.39 Å². The van der Waals surface area contributed by atoms with Crippen molar-refractivity contribution in [3.63, 3.8) is 0 Å². The van der Waals surface area contributed by atoms with Gasteiger partial charge in [-0.3, -0.25) is 4.90 Å². The Balaban J connectivity index is 1.24. The monoisotopic (exact) mass is 610 g/mol. The first-order chi connectivity index (χ1) is 21.9. The zero-order valence-corrected chi connectivity index (χ0v) is 24.6. The molecule has 2 aromatic carbocycles. The van der Waals surface area contributed by atoms with Gasteiger partial charge in [0, 0.05) is 48.1 Å². The van der Waals surface area contributed by atoms with Crippen LogP contribution in [0.4, 0.5) is 14.6 Å². The number of phenolic OH excluding ortho intramolecular Hbond substituents is 1. The summed E-state index contributed by atoms with van der Waals surface area (Å²) in [5.41, 5.74) is 0.457. The maximum atomic E-state index is 17.0. The van der Waals surface area contributed by atoms with Gasteiger partial charge < -0.3 is 24.8 Å². The van der Waals surface area contributed by atoms with Crippen LogP contribution in [0, 0.1) is 18.2 Å². The van der Waals surface area contributed by atoms with Gasteiger partial charge in [0.1, 0.15) is 47.5 Å². The van der Waals surface area contributed by atoms with Crippen molar-refractivity contribution in [1.82, 2.24) is 25.2 Å². The van der Waals surface area contributed by atoms with Crippen molar-refractivity contribution in [3.8, 4) is 41.2 Å². The number of aromatic hydroxyl groups is 1. The van der Waals surface area contributed by atoms with E-state index in [0.29, 0.717) is 59.2 Å². The van der Waals surface area contributed by atoms with Crippen LogP contribution < -0.4 is 19.7 Å². The molecule has 0 saturated carbocycles. The van der Waals surface area contributed by atoms with Gasteiger partial charge in [-0.1, -0.05) is 18.1 Å². The normalized spacial score (nSPS) is 28.5. The molecule has 0 aliphatic carbocycles. The number of piperazine rings is 1. The minimum atomic E-state index is -0.899. The number of rotatable bonds is 4. The van der Waals surface area contributed by atoms with Crippen LogP contribution in [-0.2, 0) is 0 Å². The number of halogens is 2. The van der Waals surface area contributed by atoms with Crippen molar-refractivity contribution in [1.29, 1.82) is 0 Å². The number of pyridine rings is 1. The molecule has 7 heterocycles. The summed E-state index contributed by atoms with van der Waals surface area (Å²) in [6.45, 7) is 2.47. The second-order valence-corrected chi connectivity index (χ2v) is 13.1. The van der Waals surface area contributed by atoms with E-state index in [-0.39, 0.29) is 53.6 Å². The quantitative estimate of drug-likeness (QED) is 0.328. The number of aromatic nitrogens is 3. The SMILES string of the molecule is C#Cc1cccc2cc(O)cc(-c3nc4c5c(nc(OC[C@]67CCCN6C[C@@H](F)C7)nc5c3F)N3C[C@@H]5CC[C@@H](N5)[C@H]3CO4)c12. The number of ether oxygens (including phenoxy) is 2. The number of fused-ring (bicyclic) bond motifs is 7. The molecule has 230 valence electrons. The second kappa shape index (κ2) is 9.86. The minimum Gasteiger partial charge on any atom is -0.508 e. The third-order valence-electron chi connectivity index (χ3n) is 10.5. The third kappa shape index (κ3) is 4.08. The fourth-order valence-corrected chi connectivity index (χ4v) is 8.53. The average molecular weight is 611 g/mol. The van der Waals surface area contributed by atoms with Gasteiger partial charge in [0.15, 0.2) is 5.82 Å². The molecule has 11 heteroatoms. The number of hydrogen-bond acceptors (Lipinski definition) is 9. The number of phenols is 1. The van der Waals surface area contributed by atoms with E-state index in [9.17, 15) is 9.50 Å². The topological polar surface area (TPSA) is 95.9 Å². The highest BCUT2D eigenvalue weighted by atomic mass is 19.1. The van der Waals surface area contributed by atoms with Gasteiger partial charge in [0.25, 0.3) is 0 Å². The predicted octanol–water partition coefficient (Wildman–Crippen LogP) is 4.33. The molecule has 5 atom stereocenters. The third-order valence-corrected chi connectivity index (χ3v) is 10.5. The first-order valence-corrected chi connectivity index (χ1v) is 15.7. The van der Waals surface area contributed by atoms with Gasteiger partial charge in [-0.2, -0.15) is 9.97 Å². The number of terminal acetylenes is 1. The van der Waals surface area contributed by atoms with Crippen LogP contribution >= 0.6 is 0 Å². The molecule has 45 heavy (non-hydrogen) atoms. The van der Waals surface area contributed by atoms with E-state index in [2.05, 4.69) is 26.0 Å². The van der Waals surface area contributed by atoms with Crippen molar-refractivity contribution < 1.29 is 23.4 Å². The molecule has 5 aliphatic heterocycles. The predicted molar refractivity (Wildman–Crippen MR) is 165 cm³/mol. The lowest BCUT2D eigenvalue weighted by atomic mass is 9.95. The molecule has 9 nitrogen and oxygen atoms in total. The minimum absolute atomic E-state index is 0.0202. The summed E-state index contributed by atoms with van der Waals surface area (Å²) in [7, 11) is 0. The Labute approximate surface area is 258 Å². The summed E-state index contributed by atoms with van der Waals surface area (Å²) in [5, 5.41) is 16.0. The van der Waals surface area contributed by atoms with Gasteiger partial charge in [-0.25, -0.2) is 13.8 Å². The molecule has 4 aromatic rings. The molecule has 2 N–H and O–H groups in total. The van der Waals surface area contributed by atoms with Crippen LogP contribution in [0.2, 0.25) is 0 Å². The summed E-state index contributed by atoms with van der Waals surface area (Å²) >= 11 is 0. The Morgan fingerprint density at radius 3 is 2.98 bits per heavy atom. The summed E-state index contributed by atoms with van der Waals surface area (Å²) in [6, 6.07) is 8.91. The van der Waals surface area contributed by atoms with Crippen LogP contribution in [0.1, 0.15) is 37.7 Å². The Morgan fingerprint density at radius 1 is 1.18 bits per heavy atom. The molecule has 0 spiro atoms. The van der Waals surface area contributed by atoms with Crippen molar-refractivity contribution in [3.05, 3.63) is 41.7 Å². The maximum Gasteiger partial charge on any atom is 0.319 e. The molecule has 2 bridgehead atoms. The molecule has 5 aliphatic rings. The van der Waals surface area contributed by atoms with Crippen LogP contribution in [0.15, 0.2) is 30.3 Å². The van der Waals surface area contributed by atoms with Crippen LogP contribution in [0.25, 0.3) is 32.9 Å². The first-order valence-electron chi connectivity index (χ1n) is 15.7. The number of nitrogens with zero attached hydrogens (tertiary/aromatic N) is 5. The molecule has 9 rings (SSSR count). The van der Waals surface area contributed by atoms with Crippen molar-refractivity contribution >= 4 is 27.5 Å². The van der Waals surface area contributed by atoms with Crippen molar-refractivity contribution in [2.45, 2.75) is 61.9 Å². The molecular weight excluding hydrogens is 578 g/mol. The Hall–Kier alpha value is -4.27. The first kappa shape index (κ1) is 27.1. The van der Waals surface area contributed by atoms with Crippen LogP contribution in [0.3, 0.4) is 0 Å². The van der Waals surface area contributed by atoms with Gasteiger partial charge in [0.2, 0.25) is 5.88 Å². The van der Waals surface area contributed by atoms with E-state index in [4.69, 9.17) is 25.9 Å². The molecule has 0 unspecified atom stereocenters. The maximum absolute atomic E-state index is 17.0. The number of anilines is 1. The largest absolute Gasteiger partial charge is 0.508 e. The van der Waals surface area contributed by atoms with Crippen molar-refractivity contribution in [2.75, 3.05) is 37.7 Å². The highest BCUT2D eigenvalue weighted by molar-refractivity contribution is 6.04. The Kier molecular flexibility index (Phi) is 5.93. The fraction of sp³-hybridized carbons (Fsp3) is 0.441. The molecule has 2 aromatic heterocycles. The smallest absolute Gasteiger partial charge is 0.319 e. The Morgan fingerprint density at radius 2 is 2.09 bits per heavy atom. The number of nitrogens with one attached hydrogen (secondary N) is 1. The van der Waals surface area contributed by atoms with Gasteiger partial charge in [0.05, 0.1) is 11.6 Å². The van der Waals surface area contributed by atoms with E-state index in [1.165, 1.54) is 6.07 Å². The second-order valence-electron chi connectivity index (χ2n) is 13.1. The fourth-order valence-electron chi connectivity index (χ4n) is 8.53. The van der Waals surface area contributed by atoms with Crippen LogP contribution in [0.5, 0.6) is 17.6 Å². The summed E-state index contributed by atoms with van der Waals surface area (Å²) in [4.78, 5) is 18.7. The Bertz CT molecular complexity index is 1930. The lowest BCUT2D eigenvalue weighted by molar-refractivity contribution is 0.107. The molecule has 4 saturated heterocycles. The van der Waals surface area contributed by atoms with Gasteiger partial charge >= 0.3 is 6.01 Å². The summed E-state index contributed by atoms with van der Waals surface area (Å²) < 4.78 is 44.2. The van der Waals surface area contributed by atoms with Gasteiger partial charge in [-0.15, -0.1) is 6.42 Å². The average Bonchev–Trinajstić information content (AvgIpc) is 3.67. The van der Waals surface area contributed by atoms with E-state index in [0.717, 1.165) is 32.2 Å². The molecule has 0 amide bonds. The van der Waals surface area contributed by atoms with Crippen molar-refractivity contribution in [2.24, 2.45) is 0 Å². The highest BCUT2D eigenvalue weighted by Crippen LogP contribution is 2.45. The van der Waals surface area contributed by atoms with E-state index in [1.807, 2.05) is 6.07 Å². The standard InChI is InChI=1S/C34H32F2N6O3/c1-2-18-5-3-6-19-11-22(43)12-23(26(18)19)29-28(36)30-27-31(42-15-21-7-8-24(37-21)25(42)16-44-32(27)38-29)40-33(39-30)45-17-34-9-4-10-41(34)14-20(35)13-34/h1,3,5-6,11-12,20-21,24-25,37,43H,4,7-10,13-17H2/t20-,21-,24+,25+,34+/m0/s1. The highest BCUT2D eigenvalue weighted by Gasteiger charge is 2.50. The summed E-state index contributed by atoms with van der Waals surface area (Å²) in [5.74, 6) is 2.70. The molecule has 4 fully saturated rings. The number of benzene rings is 2. The number of alkyl halides is 1. The molecular formula is C34H32F2N6O3. The van der Waals surface area contributed by atoms with E-state index in [1.54, 1.807) is 18.2 Å². The lowest BCUT2D eigenvalue weighted by Gasteiger charge is -2.40. The number of hydrogen-bond donors (Lipinski definition) is 2. The zero-order chi connectivity index (χ0) is 30.4. The molecule has 0 radical (unpaired) electrons. The van der Waals surface area contributed by atoms with Crippen LogP contribution in [-0.4, -0.2) is 87.6 Å². The summed E-state index contributed by atoms with van der Waals surface area (Å²) in [6.07, 6.45) is 9.21.